The molecule has 0 saturated carbocycles. The first-order valence-corrected chi connectivity index (χ1v) is 8.01. The molecule has 24 heavy (non-hydrogen) atoms. The number of ether oxygens (including phenoxy) is 1. The number of guanidine groups is 1. The van der Waals surface area contributed by atoms with E-state index in [9.17, 15) is 0 Å². The lowest BCUT2D eigenvalue weighted by Crippen LogP contribution is -2.37. The number of rotatable bonds is 5. The summed E-state index contributed by atoms with van der Waals surface area (Å²) < 4.78 is 5.66. The van der Waals surface area contributed by atoms with Gasteiger partial charge in [0.2, 0.25) is 0 Å². The van der Waals surface area contributed by atoms with Crippen molar-refractivity contribution in [2.75, 3.05) is 13.2 Å². The molecule has 3 rings (SSSR count). The molecule has 0 saturated heterocycles. The second-order valence-corrected chi connectivity index (χ2v) is 5.76. The van der Waals surface area contributed by atoms with Crippen LogP contribution in [-0.4, -0.2) is 29.3 Å². The molecule has 4 N–H and O–H groups in total. The van der Waals surface area contributed by atoms with Gasteiger partial charge in [0, 0.05) is 24.2 Å². The average molecular weight is 441 g/mol. The minimum Gasteiger partial charge on any atom is -0.493 e. The largest absolute Gasteiger partial charge is 0.493 e. The summed E-state index contributed by atoms with van der Waals surface area (Å²) in [6.07, 6.45) is 4.67. The first kappa shape index (κ1) is 18.6. The number of nitrogens with two attached hydrogens (primary N) is 1. The summed E-state index contributed by atoms with van der Waals surface area (Å²) in [4.78, 5) is 4.43. The van der Waals surface area contributed by atoms with Crippen LogP contribution in [0.25, 0.3) is 0 Å². The number of H-pyrrole nitrogens is 1. The summed E-state index contributed by atoms with van der Waals surface area (Å²) in [6, 6.07) is 8.23. The fraction of sp³-hybridized carbons (Fsp3) is 0.412. The molecule has 0 bridgehead atoms. The lowest BCUT2D eigenvalue weighted by molar-refractivity contribution is 0.262. The number of fused-ring (bicyclic) bond motifs is 1. The number of aromatic nitrogens is 2. The maximum absolute atomic E-state index is 6.03. The molecule has 1 atom stereocenters. The Balaban J connectivity index is 0.00000208. The fourth-order valence-corrected chi connectivity index (χ4v) is 2.81. The van der Waals surface area contributed by atoms with E-state index in [0.717, 1.165) is 36.3 Å². The number of aryl methyl sites for hydroxylation is 2. The number of halogens is 1. The highest BCUT2D eigenvalue weighted by molar-refractivity contribution is 14.0. The normalized spacial score (nSPS) is 16.7. The smallest absolute Gasteiger partial charge is 0.189 e. The first-order chi connectivity index (χ1) is 11.2. The number of hydrogen-bond donors (Lipinski definition) is 3. The molecule has 0 fully saturated rings. The van der Waals surface area contributed by atoms with Gasteiger partial charge in [-0.3, -0.25) is 10.1 Å². The molecule has 1 unspecified atom stereocenters. The number of hydrogen-bond acceptors (Lipinski definition) is 3. The number of para-hydroxylation sites is 1. The Morgan fingerprint density at radius 3 is 3.08 bits per heavy atom. The average Bonchev–Trinajstić information content (AvgIpc) is 2.97. The van der Waals surface area contributed by atoms with Crippen molar-refractivity contribution in [3.63, 3.8) is 0 Å². The number of benzene rings is 1. The van der Waals surface area contributed by atoms with Crippen molar-refractivity contribution < 1.29 is 4.74 Å². The summed E-state index contributed by atoms with van der Waals surface area (Å²) in [5.74, 6) is 1.43. The van der Waals surface area contributed by atoms with Crippen LogP contribution in [0.3, 0.4) is 0 Å². The maximum atomic E-state index is 6.03. The zero-order valence-electron chi connectivity index (χ0n) is 13.8. The standard InChI is InChI=1S/C17H23N5O.HI/c1-12-13(11-20-22-12)5-4-9-19-17(18)21-15-8-10-23-16-7-3-2-6-14(15)16;/h2-3,6-7,11,15H,4-5,8-10H2,1H3,(H,20,22)(H3,18,19,21);1H. The molecule has 1 aromatic heterocycles. The lowest BCUT2D eigenvalue weighted by atomic mass is 10.0. The molecule has 0 radical (unpaired) electrons. The van der Waals surface area contributed by atoms with Crippen LogP contribution in [-0.2, 0) is 6.42 Å². The van der Waals surface area contributed by atoms with E-state index in [2.05, 4.69) is 26.6 Å². The van der Waals surface area contributed by atoms with Crippen LogP contribution in [0.1, 0.15) is 35.7 Å². The Morgan fingerprint density at radius 1 is 1.46 bits per heavy atom. The summed E-state index contributed by atoms with van der Waals surface area (Å²) >= 11 is 0. The Hall–Kier alpha value is -1.77. The van der Waals surface area contributed by atoms with Gasteiger partial charge in [-0.15, -0.1) is 24.0 Å². The lowest BCUT2D eigenvalue weighted by Gasteiger charge is -2.26. The van der Waals surface area contributed by atoms with Gasteiger partial charge < -0.3 is 15.8 Å². The van der Waals surface area contributed by atoms with Crippen molar-refractivity contribution in [3.05, 3.63) is 47.3 Å². The number of nitrogens with zero attached hydrogens (tertiary/aromatic N) is 2. The van der Waals surface area contributed by atoms with Crippen LogP contribution >= 0.6 is 24.0 Å². The number of aromatic amines is 1. The first-order valence-electron chi connectivity index (χ1n) is 8.01. The van der Waals surface area contributed by atoms with Crippen molar-refractivity contribution in [2.24, 2.45) is 10.7 Å². The van der Waals surface area contributed by atoms with Crippen LogP contribution in [0, 0.1) is 6.92 Å². The fourth-order valence-electron chi connectivity index (χ4n) is 2.81. The summed E-state index contributed by atoms with van der Waals surface area (Å²) in [5.41, 5.74) is 9.54. The summed E-state index contributed by atoms with van der Waals surface area (Å²) in [5, 5.41) is 10.3. The molecular formula is C17H24IN5O. The zero-order valence-corrected chi connectivity index (χ0v) is 16.1. The number of aliphatic imine (C=N–C) groups is 1. The molecule has 7 heteroatoms. The maximum Gasteiger partial charge on any atom is 0.189 e. The number of nitrogens with one attached hydrogen (secondary N) is 2. The van der Waals surface area contributed by atoms with E-state index in [0.29, 0.717) is 19.1 Å². The highest BCUT2D eigenvalue weighted by Crippen LogP contribution is 2.31. The van der Waals surface area contributed by atoms with Gasteiger partial charge in [-0.2, -0.15) is 5.10 Å². The summed E-state index contributed by atoms with van der Waals surface area (Å²) in [6.45, 7) is 3.43. The predicted octanol–water partition coefficient (Wildman–Crippen LogP) is 2.70. The third-order valence-corrected chi connectivity index (χ3v) is 4.10. The molecular weight excluding hydrogens is 417 g/mol. The van der Waals surface area contributed by atoms with Gasteiger partial charge in [0.25, 0.3) is 0 Å². The Kier molecular flexibility index (Phi) is 6.89. The van der Waals surface area contributed by atoms with Gasteiger partial charge in [0.05, 0.1) is 18.8 Å². The second kappa shape index (κ2) is 8.91. The highest BCUT2D eigenvalue weighted by atomic mass is 127. The van der Waals surface area contributed by atoms with E-state index in [1.54, 1.807) is 0 Å². The third-order valence-electron chi connectivity index (χ3n) is 4.10. The van der Waals surface area contributed by atoms with Crippen molar-refractivity contribution in [1.29, 1.82) is 0 Å². The van der Waals surface area contributed by atoms with Crippen LogP contribution in [0.4, 0.5) is 0 Å². The van der Waals surface area contributed by atoms with Crippen LogP contribution in [0.5, 0.6) is 5.75 Å². The topological polar surface area (TPSA) is 88.3 Å². The molecule has 1 aliphatic rings. The van der Waals surface area contributed by atoms with Gasteiger partial charge in [0.15, 0.2) is 5.96 Å². The van der Waals surface area contributed by atoms with Crippen molar-refractivity contribution in [3.8, 4) is 5.75 Å². The molecule has 2 heterocycles. The Morgan fingerprint density at radius 2 is 2.29 bits per heavy atom. The van der Waals surface area contributed by atoms with Crippen LogP contribution in [0.15, 0.2) is 35.5 Å². The van der Waals surface area contributed by atoms with Gasteiger partial charge in [-0.25, -0.2) is 0 Å². The monoisotopic (exact) mass is 441 g/mol. The molecule has 6 nitrogen and oxygen atoms in total. The van der Waals surface area contributed by atoms with Gasteiger partial charge in [-0.05, 0) is 31.4 Å². The van der Waals surface area contributed by atoms with E-state index in [1.165, 1.54) is 5.56 Å². The third kappa shape index (κ3) is 4.62. The van der Waals surface area contributed by atoms with E-state index >= 15 is 0 Å². The quantitative estimate of drug-likeness (QED) is 0.288. The molecule has 0 aliphatic carbocycles. The molecule has 0 spiro atoms. The van der Waals surface area contributed by atoms with Gasteiger partial charge in [0.1, 0.15) is 5.75 Å². The van der Waals surface area contributed by atoms with Gasteiger partial charge in [-0.1, -0.05) is 18.2 Å². The molecule has 130 valence electrons. The summed E-state index contributed by atoms with van der Waals surface area (Å²) in [7, 11) is 0. The molecule has 2 aromatic rings. The minimum atomic E-state index is 0. The highest BCUT2D eigenvalue weighted by Gasteiger charge is 2.21. The van der Waals surface area contributed by atoms with E-state index in [-0.39, 0.29) is 30.0 Å². The van der Waals surface area contributed by atoms with E-state index in [4.69, 9.17) is 10.5 Å². The zero-order chi connectivity index (χ0) is 16.1. The van der Waals surface area contributed by atoms with Crippen molar-refractivity contribution >= 4 is 29.9 Å². The van der Waals surface area contributed by atoms with E-state index in [1.807, 2.05) is 31.3 Å². The Labute approximate surface area is 159 Å². The molecule has 1 aliphatic heterocycles. The molecule has 0 amide bonds. The van der Waals surface area contributed by atoms with Crippen molar-refractivity contribution in [2.45, 2.75) is 32.2 Å². The molecule has 1 aromatic carbocycles. The van der Waals surface area contributed by atoms with Crippen molar-refractivity contribution in [1.82, 2.24) is 15.5 Å². The minimum absolute atomic E-state index is 0. The van der Waals surface area contributed by atoms with Crippen LogP contribution in [0.2, 0.25) is 0 Å². The van der Waals surface area contributed by atoms with Gasteiger partial charge >= 0.3 is 0 Å². The SMILES string of the molecule is Cc1[nH]ncc1CCCN=C(N)NC1CCOc2ccccc21.I. The van der Waals surface area contributed by atoms with Crippen LogP contribution < -0.4 is 15.8 Å². The van der Waals surface area contributed by atoms with E-state index < -0.39 is 0 Å². The predicted molar refractivity (Wildman–Crippen MR) is 106 cm³/mol. The second-order valence-electron chi connectivity index (χ2n) is 5.76. The Bertz CT molecular complexity index is 685.